The van der Waals surface area contributed by atoms with Crippen LogP contribution >= 0.6 is 11.8 Å². The third-order valence-corrected chi connectivity index (χ3v) is 5.86. The van der Waals surface area contributed by atoms with Crippen LogP contribution in [0.25, 0.3) is 6.08 Å². The zero-order valence-corrected chi connectivity index (χ0v) is 18.8. The highest BCUT2D eigenvalue weighted by atomic mass is 32.2. The highest BCUT2D eigenvalue weighted by Gasteiger charge is 2.35. The normalized spacial score (nSPS) is 14.6. The van der Waals surface area contributed by atoms with Gasteiger partial charge in [0.15, 0.2) is 6.61 Å². The monoisotopic (exact) mass is 458 g/mol. The van der Waals surface area contributed by atoms with Gasteiger partial charge in [0.05, 0.1) is 11.4 Å². The van der Waals surface area contributed by atoms with Crippen molar-refractivity contribution in [2.24, 2.45) is 0 Å². The summed E-state index contributed by atoms with van der Waals surface area (Å²) >= 11 is 0.898. The molecule has 6 nitrogen and oxygen atoms in total. The number of nitrogens with one attached hydrogen (secondary N) is 1. The van der Waals surface area contributed by atoms with E-state index in [4.69, 9.17) is 4.74 Å². The second-order valence-corrected chi connectivity index (χ2v) is 8.49. The minimum absolute atomic E-state index is 0.186. The number of rotatable bonds is 7. The Labute approximate surface area is 196 Å². The molecule has 0 radical (unpaired) electrons. The van der Waals surface area contributed by atoms with Crippen molar-refractivity contribution in [1.29, 1.82) is 0 Å². The fourth-order valence-electron chi connectivity index (χ4n) is 3.25. The van der Waals surface area contributed by atoms with Crippen molar-refractivity contribution in [3.63, 3.8) is 0 Å². The topological polar surface area (TPSA) is 75.7 Å². The summed E-state index contributed by atoms with van der Waals surface area (Å²) < 4.78 is 5.70. The van der Waals surface area contributed by atoms with Crippen LogP contribution in [0.4, 0.5) is 10.5 Å². The Kier molecular flexibility index (Phi) is 6.90. The van der Waals surface area contributed by atoms with Crippen molar-refractivity contribution in [2.75, 3.05) is 11.9 Å². The lowest BCUT2D eigenvalue weighted by molar-refractivity contribution is -0.123. The first-order valence-electron chi connectivity index (χ1n) is 10.4. The van der Waals surface area contributed by atoms with Crippen molar-refractivity contribution in [2.45, 2.75) is 13.5 Å². The molecule has 0 unspecified atom stereocenters. The summed E-state index contributed by atoms with van der Waals surface area (Å²) in [4.78, 5) is 39.1. The maximum atomic E-state index is 12.9. The second kappa shape index (κ2) is 10.2. The Morgan fingerprint density at radius 3 is 2.42 bits per heavy atom. The fraction of sp³-hybridized carbons (Fsp3) is 0.115. The van der Waals surface area contributed by atoms with Crippen molar-refractivity contribution in [3.8, 4) is 5.75 Å². The third kappa shape index (κ3) is 5.70. The number of carbonyl (C=O) groups is 3. The van der Waals surface area contributed by atoms with Gasteiger partial charge in [0.2, 0.25) is 0 Å². The van der Waals surface area contributed by atoms with Crippen LogP contribution in [0.1, 0.15) is 16.7 Å². The molecule has 3 aromatic rings. The standard InChI is InChI=1S/C26H22N2O4S/c1-18-11-13-19(14-12-18)16-28-25(30)23(33-26(28)31)15-20-7-5-6-10-22(20)32-17-24(29)27-21-8-3-2-4-9-21/h2-15H,16-17H2,1H3,(H,27,29)/b23-15-. The molecule has 1 aliphatic rings. The lowest BCUT2D eigenvalue weighted by Crippen LogP contribution is -2.27. The fourth-order valence-corrected chi connectivity index (χ4v) is 4.08. The summed E-state index contributed by atoms with van der Waals surface area (Å²) in [6.07, 6.45) is 1.63. The number of ether oxygens (including phenoxy) is 1. The first-order chi connectivity index (χ1) is 16.0. The van der Waals surface area contributed by atoms with E-state index < -0.39 is 0 Å². The molecule has 1 heterocycles. The predicted molar refractivity (Wildman–Crippen MR) is 130 cm³/mol. The molecule has 0 atom stereocenters. The van der Waals surface area contributed by atoms with Crippen LogP contribution in [0, 0.1) is 6.92 Å². The van der Waals surface area contributed by atoms with Gasteiger partial charge in [-0.15, -0.1) is 0 Å². The summed E-state index contributed by atoms with van der Waals surface area (Å²) in [6, 6.07) is 23.9. The van der Waals surface area contributed by atoms with E-state index in [1.165, 1.54) is 4.90 Å². The number of thioether (sulfide) groups is 1. The summed E-state index contributed by atoms with van der Waals surface area (Å²) in [6.45, 7) is 2.02. The number of amides is 3. The molecule has 33 heavy (non-hydrogen) atoms. The summed E-state index contributed by atoms with van der Waals surface area (Å²) in [7, 11) is 0. The van der Waals surface area contributed by atoms with Gasteiger partial charge in [0.25, 0.3) is 17.1 Å². The van der Waals surface area contributed by atoms with E-state index in [2.05, 4.69) is 5.32 Å². The smallest absolute Gasteiger partial charge is 0.293 e. The average molecular weight is 459 g/mol. The molecular formula is C26H22N2O4S. The molecular weight excluding hydrogens is 436 g/mol. The quantitative estimate of drug-likeness (QED) is 0.490. The molecule has 3 amide bonds. The Morgan fingerprint density at radius 1 is 0.970 bits per heavy atom. The third-order valence-electron chi connectivity index (χ3n) is 4.96. The van der Waals surface area contributed by atoms with E-state index >= 15 is 0 Å². The molecule has 166 valence electrons. The Bertz CT molecular complexity index is 1210. The maximum Gasteiger partial charge on any atom is 0.293 e. The van der Waals surface area contributed by atoms with E-state index in [-0.39, 0.29) is 30.2 Å². The Balaban J connectivity index is 1.44. The summed E-state index contributed by atoms with van der Waals surface area (Å²) in [5.41, 5.74) is 3.30. The highest BCUT2D eigenvalue weighted by molar-refractivity contribution is 8.18. The molecule has 0 aromatic heterocycles. The summed E-state index contributed by atoms with van der Waals surface area (Å²) in [5, 5.41) is 2.45. The molecule has 1 N–H and O–H groups in total. The molecule has 0 spiro atoms. The van der Waals surface area contributed by atoms with Crippen molar-refractivity contribution in [1.82, 2.24) is 4.90 Å². The van der Waals surface area contributed by atoms with Gasteiger partial charge in [-0.1, -0.05) is 66.2 Å². The molecule has 1 aliphatic heterocycles. The van der Waals surface area contributed by atoms with Crippen LogP contribution in [-0.4, -0.2) is 28.6 Å². The van der Waals surface area contributed by atoms with E-state index in [0.29, 0.717) is 21.9 Å². The number of hydrogen-bond acceptors (Lipinski definition) is 5. The van der Waals surface area contributed by atoms with Gasteiger partial charge in [-0.25, -0.2) is 0 Å². The number of benzene rings is 3. The van der Waals surface area contributed by atoms with Crippen LogP contribution in [0.15, 0.2) is 83.8 Å². The molecule has 1 fully saturated rings. The van der Waals surface area contributed by atoms with Gasteiger partial charge >= 0.3 is 0 Å². The number of carbonyl (C=O) groups excluding carboxylic acids is 3. The van der Waals surface area contributed by atoms with Gasteiger partial charge in [0, 0.05) is 11.3 Å². The zero-order chi connectivity index (χ0) is 23.2. The van der Waals surface area contributed by atoms with Crippen LogP contribution < -0.4 is 10.1 Å². The van der Waals surface area contributed by atoms with Gasteiger partial charge in [0.1, 0.15) is 5.75 Å². The van der Waals surface area contributed by atoms with Crippen molar-refractivity contribution >= 4 is 40.6 Å². The number of aryl methyl sites for hydroxylation is 1. The van der Waals surface area contributed by atoms with E-state index in [1.807, 2.05) is 49.4 Å². The van der Waals surface area contributed by atoms with Crippen LogP contribution in [-0.2, 0) is 16.1 Å². The maximum absolute atomic E-state index is 12.9. The van der Waals surface area contributed by atoms with E-state index in [9.17, 15) is 14.4 Å². The van der Waals surface area contributed by atoms with Crippen LogP contribution in [0.2, 0.25) is 0 Å². The van der Waals surface area contributed by atoms with Gasteiger partial charge < -0.3 is 10.1 Å². The molecule has 3 aromatic carbocycles. The molecule has 4 rings (SSSR count). The summed E-state index contributed by atoms with van der Waals surface area (Å²) in [5.74, 6) is -0.192. The lowest BCUT2D eigenvalue weighted by Gasteiger charge is -2.12. The second-order valence-electron chi connectivity index (χ2n) is 7.49. The number of para-hydroxylation sites is 2. The zero-order valence-electron chi connectivity index (χ0n) is 18.0. The SMILES string of the molecule is Cc1ccc(CN2C(=O)S/C(=C\c3ccccc3OCC(=O)Nc3ccccc3)C2=O)cc1. The lowest BCUT2D eigenvalue weighted by atomic mass is 10.1. The van der Waals surface area contributed by atoms with Gasteiger partial charge in [-0.2, -0.15) is 0 Å². The largest absolute Gasteiger partial charge is 0.483 e. The average Bonchev–Trinajstić information content (AvgIpc) is 3.08. The number of imide groups is 1. The number of hydrogen-bond donors (Lipinski definition) is 1. The number of anilines is 1. The Hall–Kier alpha value is -3.84. The minimum atomic E-state index is -0.345. The van der Waals surface area contributed by atoms with Crippen LogP contribution in [0.5, 0.6) is 5.75 Å². The van der Waals surface area contributed by atoms with Crippen LogP contribution in [0.3, 0.4) is 0 Å². The molecule has 0 bridgehead atoms. The van der Waals surface area contributed by atoms with Crippen molar-refractivity contribution in [3.05, 3.63) is 100 Å². The molecule has 7 heteroatoms. The Morgan fingerprint density at radius 2 is 1.67 bits per heavy atom. The number of nitrogens with zero attached hydrogens (tertiary/aromatic N) is 1. The molecule has 1 saturated heterocycles. The first-order valence-corrected chi connectivity index (χ1v) is 11.2. The van der Waals surface area contributed by atoms with E-state index in [0.717, 1.165) is 22.9 Å². The van der Waals surface area contributed by atoms with Crippen molar-refractivity contribution < 1.29 is 19.1 Å². The highest BCUT2D eigenvalue weighted by Crippen LogP contribution is 2.34. The minimum Gasteiger partial charge on any atom is -0.483 e. The molecule has 0 aliphatic carbocycles. The van der Waals surface area contributed by atoms with Gasteiger partial charge in [-0.3, -0.25) is 19.3 Å². The molecule has 0 saturated carbocycles. The predicted octanol–water partition coefficient (Wildman–Crippen LogP) is 5.25. The van der Waals surface area contributed by atoms with Gasteiger partial charge in [-0.05, 0) is 48.5 Å². The first kappa shape index (κ1) is 22.4. The van der Waals surface area contributed by atoms with E-state index in [1.54, 1.807) is 42.5 Å².